The van der Waals surface area contributed by atoms with Crippen LogP contribution in [0.4, 0.5) is 4.79 Å². The summed E-state index contributed by atoms with van der Waals surface area (Å²) in [5, 5.41) is 0. The second-order valence-corrected chi connectivity index (χ2v) is 5.89. The zero-order chi connectivity index (χ0) is 13.1. The van der Waals surface area contributed by atoms with Gasteiger partial charge in [-0.1, -0.05) is 6.07 Å². The molecule has 5 heteroatoms. The largest absolute Gasteiger partial charge is 0.444 e. The van der Waals surface area contributed by atoms with Crippen LogP contribution in [0.25, 0.3) is 0 Å². The van der Waals surface area contributed by atoms with E-state index in [2.05, 4.69) is 27.6 Å². The lowest BCUT2D eigenvalue weighted by Gasteiger charge is -2.24. The maximum atomic E-state index is 11.7. The molecule has 0 aliphatic rings. The molecule has 0 aliphatic carbocycles. The molecule has 1 heterocycles. The molecule has 1 aromatic heterocycles. The summed E-state index contributed by atoms with van der Waals surface area (Å²) in [5.41, 5.74) is 0.384. The molecule has 0 saturated heterocycles. The van der Waals surface area contributed by atoms with E-state index in [1.54, 1.807) is 7.05 Å². The Labute approximate surface area is 116 Å². The van der Waals surface area contributed by atoms with Gasteiger partial charge in [-0.15, -0.1) is 0 Å². The lowest BCUT2D eigenvalue weighted by Crippen LogP contribution is -2.34. The first-order valence-electron chi connectivity index (χ1n) is 5.33. The van der Waals surface area contributed by atoms with Crippen molar-refractivity contribution in [1.29, 1.82) is 0 Å². The van der Waals surface area contributed by atoms with E-state index < -0.39 is 5.60 Å². The zero-order valence-electron chi connectivity index (χ0n) is 10.5. The highest BCUT2D eigenvalue weighted by Gasteiger charge is 2.19. The minimum absolute atomic E-state index is 0.335. The molecule has 0 saturated carbocycles. The van der Waals surface area contributed by atoms with Gasteiger partial charge in [0.2, 0.25) is 0 Å². The van der Waals surface area contributed by atoms with Crippen molar-refractivity contribution in [2.24, 2.45) is 0 Å². The first-order chi connectivity index (χ1) is 7.78. The molecule has 1 aromatic rings. The van der Waals surface area contributed by atoms with Crippen LogP contribution in [-0.2, 0) is 11.3 Å². The molecule has 4 nitrogen and oxygen atoms in total. The second-order valence-electron chi connectivity index (χ2n) is 4.79. The van der Waals surface area contributed by atoms with Crippen LogP contribution in [0.3, 0.4) is 0 Å². The average Bonchev–Trinajstić information content (AvgIpc) is 2.14. The van der Waals surface area contributed by atoms with E-state index >= 15 is 0 Å². The minimum Gasteiger partial charge on any atom is -0.444 e. The number of hydrogen-bond donors (Lipinski definition) is 0. The molecule has 0 fully saturated rings. The first kappa shape index (κ1) is 14.2. The zero-order valence-corrected chi connectivity index (χ0v) is 12.7. The number of pyridine rings is 1. The molecule has 94 valence electrons. The molecule has 0 bridgehead atoms. The van der Waals surface area contributed by atoms with Gasteiger partial charge in [0, 0.05) is 7.05 Å². The monoisotopic (exact) mass is 348 g/mol. The van der Waals surface area contributed by atoms with Crippen LogP contribution in [0.1, 0.15) is 26.5 Å². The Morgan fingerprint density at radius 3 is 2.65 bits per heavy atom. The highest BCUT2D eigenvalue weighted by atomic mass is 127. The predicted octanol–water partition coefficient (Wildman–Crippen LogP) is 3.05. The molecular formula is C12H17IN2O2. The smallest absolute Gasteiger partial charge is 0.410 e. The summed E-state index contributed by atoms with van der Waals surface area (Å²) in [6, 6.07) is 5.73. The van der Waals surface area contributed by atoms with E-state index in [1.807, 2.05) is 39.0 Å². The van der Waals surface area contributed by atoms with Gasteiger partial charge in [0.1, 0.15) is 9.30 Å². The highest BCUT2D eigenvalue weighted by molar-refractivity contribution is 14.1. The van der Waals surface area contributed by atoms with Gasteiger partial charge in [-0.05, 0) is 55.5 Å². The molecule has 0 unspecified atom stereocenters. The summed E-state index contributed by atoms with van der Waals surface area (Å²) < 4.78 is 6.17. The van der Waals surface area contributed by atoms with Crippen LogP contribution < -0.4 is 0 Å². The molecule has 0 N–H and O–H groups in total. The summed E-state index contributed by atoms with van der Waals surface area (Å²) in [7, 11) is 1.70. The van der Waals surface area contributed by atoms with Crippen molar-refractivity contribution in [2.75, 3.05) is 7.05 Å². The molecule has 0 aromatic carbocycles. The van der Waals surface area contributed by atoms with Gasteiger partial charge in [0.15, 0.2) is 0 Å². The number of halogens is 1. The van der Waals surface area contributed by atoms with E-state index in [-0.39, 0.29) is 6.09 Å². The number of nitrogens with zero attached hydrogens (tertiary/aromatic N) is 2. The minimum atomic E-state index is -0.468. The molecule has 17 heavy (non-hydrogen) atoms. The molecule has 0 radical (unpaired) electrons. The van der Waals surface area contributed by atoms with Crippen molar-refractivity contribution in [3.05, 3.63) is 27.6 Å². The van der Waals surface area contributed by atoms with Crippen LogP contribution in [-0.4, -0.2) is 28.6 Å². The fourth-order valence-corrected chi connectivity index (χ4v) is 1.70. The van der Waals surface area contributed by atoms with Crippen LogP contribution >= 0.6 is 22.6 Å². The third-order valence-electron chi connectivity index (χ3n) is 1.88. The quantitative estimate of drug-likeness (QED) is 0.609. The number of aromatic nitrogens is 1. The molecule has 0 spiro atoms. The van der Waals surface area contributed by atoms with Crippen LogP contribution in [0, 0.1) is 3.70 Å². The number of ether oxygens (including phenoxy) is 1. The SMILES string of the molecule is CN(Cc1cccc(I)n1)C(=O)OC(C)(C)C. The lowest BCUT2D eigenvalue weighted by molar-refractivity contribution is 0.0283. The van der Waals surface area contributed by atoms with E-state index in [9.17, 15) is 4.79 Å². The van der Waals surface area contributed by atoms with E-state index in [0.29, 0.717) is 6.54 Å². The summed E-state index contributed by atoms with van der Waals surface area (Å²) in [5.74, 6) is 0. The number of hydrogen-bond acceptors (Lipinski definition) is 3. The Bertz CT molecular complexity index is 402. The van der Waals surface area contributed by atoms with E-state index in [4.69, 9.17) is 4.74 Å². The third-order valence-corrected chi connectivity index (χ3v) is 2.48. The van der Waals surface area contributed by atoms with Crippen LogP contribution in [0.15, 0.2) is 18.2 Å². The van der Waals surface area contributed by atoms with Crippen molar-refractivity contribution < 1.29 is 9.53 Å². The second kappa shape index (κ2) is 5.66. The van der Waals surface area contributed by atoms with Crippen molar-refractivity contribution in [2.45, 2.75) is 32.9 Å². The van der Waals surface area contributed by atoms with E-state index in [1.165, 1.54) is 4.90 Å². The summed E-state index contributed by atoms with van der Waals surface area (Å²) in [4.78, 5) is 17.6. The molecular weight excluding hydrogens is 331 g/mol. The van der Waals surface area contributed by atoms with Gasteiger partial charge in [-0.3, -0.25) is 0 Å². The van der Waals surface area contributed by atoms with Gasteiger partial charge in [-0.2, -0.15) is 0 Å². The number of rotatable bonds is 2. The van der Waals surface area contributed by atoms with E-state index in [0.717, 1.165) is 9.39 Å². The first-order valence-corrected chi connectivity index (χ1v) is 6.41. The summed E-state index contributed by atoms with van der Waals surface area (Å²) in [6.45, 7) is 6.00. The van der Waals surface area contributed by atoms with Gasteiger partial charge in [-0.25, -0.2) is 9.78 Å². The highest BCUT2D eigenvalue weighted by Crippen LogP contribution is 2.11. The van der Waals surface area contributed by atoms with Gasteiger partial charge >= 0.3 is 6.09 Å². The number of carbonyl (C=O) groups is 1. The molecule has 1 amide bonds. The average molecular weight is 348 g/mol. The third kappa shape index (κ3) is 5.34. The van der Waals surface area contributed by atoms with Crippen molar-refractivity contribution >= 4 is 28.7 Å². The number of amides is 1. The lowest BCUT2D eigenvalue weighted by atomic mass is 10.2. The van der Waals surface area contributed by atoms with Crippen LogP contribution in [0.2, 0.25) is 0 Å². The molecule has 1 rings (SSSR count). The maximum Gasteiger partial charge on any atom is 0.410 e. The Morgan fingerprint density at radius 1 is 1.47 bits per heavy atom. The Kier molecular flexibility index (Phi) is 4.73. The maximum absolute atomic E-state index is 11.7. The van der Waals surface area contributed by atoms with Crippen molar-refractivity contribution in [3.63, 3.8) is 0 Å². The molecule has 0 aliphatic heterocycles. The molecule has 0 atom stereocenters. The van der Waals surface area contributed by atoms with Crippen molar-refractivity contribution in [3.8, 4) is 0 Å². The fourth-order valence-electron chi connectivity index (χ4n) is 1.19. The standard InChI is InChI=1S/C12H17IN2O2/c1-12(2,3)17-11(16)15(4)8-9-6-5-7-10(13)14-9/h5-7H,8H2,1-4H3. The summed E-state index contributed by atoms with van der Waals surface area (Å²) >= 11 is 2.15. The normalized spacial score (nSPS) is 11.1. The number of carbonyl (C=O) groups excluding carboxylic acids is 1. The van der Waals surface area contributed by atoms with Crippen LogP contribution in [0.5, 0.6) is 0 Å². The topological polar surface area (TPSA) is 42.4 Å². The Hall–Kier alpha value is -0.850. The fraction of sp³-hybridized carbons (Fsp3) is 0.500. The van der Waals surface area contributed by atoms with Gasteiger partial charge in [0.05, 0.1) is 12.2 Å². The predicted molar refractivity (Wildman–Crippen MR) is 74.7 cm³/mol. The van der Waals surface area contributed by atoms with Crippen molar-refractivity contribution in [1.82, 2.24) is 9.88 Å². The van der Waals surface area contributed by atoms with Gasteiger partial charge in [0.25, 0.3) is 0 Å². The Morgan fingerprint density at radius 2 is 2.12 bits per heavy atom. The Balaban J connectivity index is 2.60. The summed E-state index contributed by atoms with van der Waals surface area (Å²) in [6.07, 6.45) is -0.335. The van der Waals surface area contributed by atoms with Gasteiger partial charge < -0.3 is 9.64 Å².